The van der Waals surface area contributed by atoms with Gasteiger partial charge >= 0.3 is 0 Å². The van der Waals surface area contributed by atoms with Gasteiger partial charge in [-0.2, -0.15) is 0 Å². The van der Waals surface area contributed by atoms with Gasteiger partial charge in [0.2, 0.25) is 5.91 Å². The average Bonchev–Trinajstić information content (AvgIpc) is 2.63. The van der Waals surface area contributed by atoms with Crippen LogP contribution in [0.1, 0.15) is 69.2 Å². The Morgan fingerprint density at radius 2 is 1.73 bits per heavy atom. The molecule has 4 aliphatic carbocycles. The van der Waals surface area contributed by atoms with Crippen LogP contribution < -0.4 is 23.0 Å². The van der Waals surface area contributed by atoms with E-state index in [9.17, 15) is 9.59 Å². The summed E-state index contributed by atoms with van der Waals surface area (Å²) in [6.45, 7) is 5.83. The number of nitrogens with two attached hydrogens (primary N) is 1. The summed E-state index contributed by atoms with van der Waals surface area (Å²) < 4.78 is 0. The zero-order valence-corrected chi connectivity index (χ0v) is 19.0. The van der Waals surface area contributed by atoms with Gasteiger partial charge in [-0.3, -0.25) is 9.59 Å². The maximum Gasteiger partial charge on any atom is 0.248 e. The first-order valence-electron chi connectivity index (χ1n) is 11.3. The molecule has 0 radical (unpaired) electrons. The summed E-state index contributed by atoms with van der Waals surface area (Å²) in [6.07, 6.45) is 10.9. The fourth-order valence-corrected chi connectivity index (χ4v) is 6.54. The molecule has 5 heteroatoms. The molecule has 0 unspecified atom stereocenters. The predicted octanol–water partition coefficient (Wildman–Crippen LogP) is 0.948. The minimum atomic E-state index is -0.154. The molecule has 4 saturated carbocycles. The molecule has 0 heterocycles. The second-order valence-corrected chi connectivity index (χ2v) is 10.2. The first-order chi connectivity index (χ1) is 13.9. The van der Waals surface area contributed by atoms with Gasteiger partial charge in [-0.05, 0) is 82.3 Å². The van der Waals surface area contributed by atoms with Crippen LogP contribution >= 0.6 is 0 Å². The van der Waals surface area contributed by atoms with Crippen molar-refractivity contribution in [2.45, 2.75) is 58.8 Å². The molecule has 1 aromatic carbocycles. The van der Waals surface area contributed by atoms with Crippen LogP contribution in [0.2, 0.25) is 0 Å². The lowest BCUT2D eigenvalue weighted by Gasteiger charge is -2.56. The number of quaternary nitrogens is 1. The molecule has 1 amide bonds. The third-order valence-corrected chi connectivity index (χ3v) is 7.19. The summed E-state index contributed by atoms with van der Waals surface area (Å²) in [5.74, 6) is 2.96. The standard InChI is InChI=1S/C25H34N2O2.ClH/c1-17(2)8-24(29)27-22-5-3-4-21(12-22)23(28)6-7-26-16-25-13-18-9-19(14-25)11-20(10-18)15-25;/h3-5,8,12,18-20,26H,6-7,9-11,13-16H2,1-2H3,(H,27,29);1H. The van der Waals surface area contributed by atoms with E-state index in [0.29, 0.717) is 23.1 Å². The van der Waals surface area contributed by atoms with Crippen molar-refractivity contribution in [3.63, 3.8) is 0 Å². The molecule has 0 aromatic heterocycles. The monoisotopic (exact) mass is 430 g/mol. The van der Waals surface area contributed by atoms with Gasteiger partial charge in [0.05, 0.1) is 19.5 Å². The van der Waals surface area contributed by atoms with Crippen molar-refractivity contribution < 1.29 is 27.3 Å². The van der Waals surface area contributed by atoms with Gasteiger partial charge in [0.1, 0.15) is 0 Å². The number of amides is 1. The highest BCUT2D eigenvalue weighted by molar-refractivity contribution is 6.01. The number of hydrogen-bond acceptors (Lipinski definition) is 2. The summed E-state index contributed by atoms with van der Waals surface area (Å²) in [7, 11) is 0. The molecule has 0 aliphatic heterocycles. The van der Waals surface area contributed by atoms with Gasteiger partial charge in [-0.1, -0.05) is 17.7 Å². The highest BCUT2D eigenvalue weighted by Crippen LogP contribution is 2.59. The number of benzene rings is 1. The van der Waals surface area contributed by atoms with Crippen LogP contribution in [0, 0.1) is 23.2 Å². The van der Waals surface area contributed by atoms with Crippen LogP contribution in [0.3, 0.4) is 0 Å². The van der Waals surface area contributed by atoms with E-state index in [2.05, 4.69) is 10.6 Å². The molecule has 5 rings (SSSR count). The molecular formula is C25H35ClN2O2. The third-order valence-electron chi connectivity index (χ3n) is 7.19. The SMILES string of the molecule is CC(C)=CC(=O)Nc1cccc(C(=O)CC[NH2+]CC23CC4CC(CC(C4)C2)C3)c1.[Cl-]. The van der Waals surface area contributed by atoms with E-state index < -0.39 is 0 Å². The molecule has 3 N–H and O–H groups in total. The summed E-state index contributed by atoms with van der Waals surface area (Å²) in [5.41, 5.74) is 2.87. The molecule has 4 bridgehead atoms. The Labute approximate surface area is 186 Å². The number of ketones is 1. The summed E-state index contributed by atoms with van der Waals surface area (Å²) >= 11 is 0. The van der Waals surface area contributed by atoms with Crippen LogP contribution in [0.15, 0.2) is 35.9 Å². The Morgan fingerprint density at radius 1 is 1.10 bits per heavy atom. The molecule has 1 aromatic rings. The van der Waals surface area contributed by atoms with Gasteiger partial charge in [-0.25, -0.2) is 0 Å². The maximum atomic E-state index is 12.6. The molecule has 0 saturated heterocycles. The minimum Gasteiger partial charge on any atom is -1.00 e. The molecule has 164 valence electrons. The fraction of sp³-hybridized carbons (Fsp3) is 0.600. The van der Waals surface area contributed by atoms with Crippen molar-refractivity contribution in [2.75, 3.05) is 18.4 Å². The zero-order chi connectivity index (χ0) is 20.4. The van der Waals surface area contributed by atoms with Gasteiger partial charge < -0.3 is 23.0 Å². The van der Waals surface area contributed by atoms with E-state index >= 15 is 0 Å². The molecular weight excluding hydrogens is 396 g/mol. The first kappa shape index (κ1) is 23.0. The van der Waals surface area contributed by atoms with Crippen molar-refractivity contribution in [2.24, 2.45) is 23.2 Å². The lowest BCUT2D eigenvalue weighted by Crippen LogP contribution is -3.00. The molecule has 30 heavy (non-hydrogen) atoms. The van der Waals surface area contributed by atoms with Crippen LogP contribution in [0.25, 0.3) is 0 Å². The quantitative estimate of drug-likeness (QED) is 0.366. The Hall–Kier alpha value is -1.65. The second-order valence-electron chi connectivity index (χ2n) is 10.2. The summed E-state index contributed by atoms with van der Waals surface area (Å²) in [4.78, 5) is 24.5. The van der Waals surface area contributed by atoms with Crippen molar-refractivity contribution in [1.29, 1.82) is 0 Å². The predicted molar refractivity (Wildman–Crippen MR) is 116 cm³/mol. The summed E-state index contributed by atoms with van der Waals surface area (Å²) in [6, 6.07) is 7.30. The smallest absolute Gasteiger partial charge is 0.248 e. The number of carbonyl (C=O) groups is 2. The van der Waals surface area contributed by atoms with Gasteiger partial charge in [0, 0.05) is 22.7 Å². The number of carbonyl (C=O) groups excluding carboxylic acids is 2. The van der Waals surface area contributed by atoms with E-state index in [1.165, 1.54) is 45.1 Å². The van der Waals surface area contributed by atoms with Crippen LogP contribution in [-0.2, 0) is 4.79 Å². The number of Topliss-reactive ketones (excluding diaryl/α,β-unsaturated/α-hetero) is 1. The molecule has 4 fully saturated rings. The summed E-state index contributed by atoms with van der Waals surface area (Å²) in [5, 5.41) is 5.23. The van der Waals surface area contributed by atoms with E-state index in [0.717, 1.165) is 29.9 Å². The highest BCUT2D eigenvalue weighted by Gasteiger charge is 2.51. The Kier molecular flexibility index (Phi) is 7.41. The van der Waals surface area contributed by atoms with Crippen molar-refractivity contribution in [3.05, 3.63) is 41.5 Å². The number of hydrogen-bond donors (Lipinski definition) is 2. The molecule has 0 atom stereocenters. The number of rotatable bonds is 8. The number of allylic oxidation sites excluding steroid dienone is 1. The Morgan fingerprint density at radius 3 is 2.33 bits per heavy atom. The normalized spacial score (nSPS) is 28.5. The van der Waals surface area contributed by atoms with Gasteiger partial charge in [-0.15, -0.1) is 0 Å². The maximum absolute atomic E-state index is 12.6. The zero-order valence-electron chi connectivity index (χ0n) is 18.3. The largest absolute Gasteiger partial charge is 1.00 e. The highest BCUT2D eigenvalue weighted by atomic mass is 35.5. The van der Waals surface area contributed by atoms with E-state index in [-0.39, 0.29) is 24.1 Å². The van der Waals surface area contributed by atoms with E-state index in [1.54, 1.807) is 12.1 Å². The lowest BCUT2D eigenvalue weighted by atomic mass is 9.49. The Bertz CT molecular complexity index is 778. The fourth-order valence-electron chi connectivity index (χ4n) is 6.54. The molecule has 4 nitrogen and oxygen atoms in total. The van der Waals surface area contributed by atoms with Crippen molar-refractivity contribution in [1.82, 2.24) is 0 Å². The number of nitrogens with one attached hydrogen (secondary N) is 1. The lowest BCUT2D eigenvalue weighted by molar-refractivity contribution is -0.667. The number of halogens is 1. The third kappa shape index (κ3) is 5.53. The first-order valence-corrected chi connectivity index (χ1v) is 11.3. The number of anilines is 1. The molecule has 4 aliphatic rings. The van der Waals surface area contributed by atoms with E-state index in [1.807, 2.05) is 32.0 Å². The average molecular weight is 431 g/mol. The van der Waals surface area contributed by atoms with Gasteiger partial charge in [0.15, 0.2) is 5.78 Å². The van der Waals surface area contributed by atoms with E-state index in [4.69, 9.17) is 0 Å². The van der Waals surface area contributed by atoms with Crippen molar-refractivity contribution >= 4 is 17.4 Å². The second kappa shape index (κ2) is 9.65. The van der Waals surface area contributed by atoms with Crippen LogP contribution in [0.5, 0.6) is 0 Å². The van der Waals surface area contributed by atoms with Crippen LogP contribution in [0.4, 0.5) is 5.69 Å². The van der Waals surface area contributed by atoms with Crippen molar-refractivity contribution in [3.8, 4) is 0 Å². The molecule has 0 spiro atoms. The van der Waals surface area contributed by atoms with Gasteiger partial charge in [0.25, 0.3) is 0 Å². The van der Waals surface area contributed by atoms with Crippen LogP contribution in [-0.4, -0.2) is 24.8 Å². The Balaban J connectivity index is 0.00000256. The topological polar surface area (TPSA) is 62.8 Å². The minimum absolute atomic E-state index is 0.